The Bertz CT molecular complexity index is 685. The van der Waals surface area contributed by atoms with Gasteiger partial charge in [0.15, 0.2) is 0 Å². The maximum Gasteiger partial charge on any atom is 0.410 e. The fourth-order valence-corrected chi connectivity index (χ4v) is 3.47. The van der Waals surface area contributed by atoms with Crippen molar-refractivity contribution < 1.29 is 23.5 Å². The van der Waals surface area contributed by atoms with Crippen molar-refractivity contribution in [2.75, 3.05) is 13.1 Å². The molecule has 1 saturated heterocycles. The first-order chi connectivity index (χ1) is 12.7. The number of amides is 2. The first-order valence-electron chi connectivity index (χ1n) is 9.29. The smallest absolute Gasteiger partial charge is 0.410 e. The second-order valence-corrected chi connectivity index (χ2v) is 8.35. The molecule has 1 saturated carbocycles. The Morgan fingerprint density at radius 1 is 1.22 bits per heavy atom. The lowest BCUT2D eigenvalue weighted by Gasteiger charge is -2.27. The molecular formula is C20H27FN2O4. The molecule has 0 bridgehead atoms. The third-order valence-corrected chi connectivity index (χ3v) is 4.96. The average molecular weight is 378 g/mol. The first kappa shape index (κ1) is 19.5. The van der Waals surface area contributed by atoms with Crippen molar-refractivity contribution in [3.63, 3.8) is 0 Å². The summed E-state index contributed by atoms with van der Waals surface area (Å²) in [6, 6.07) is 9.35. The van der Waals surface area contributed by atoms with Crippen molar-refractivity contribution >= 4 is 12.2 Å². The first-order valence-corrected chi connectivity index (χ1v) is 9.29. The van der Waals surface area contributed by atoms with E-state index in [1.54, 1.807) is 20.8 Å². The topological polar surface area (TPSA) is 67.9 Å². The SMILES string of the molecule is CC(C)(C)OC(=O)NC1([C@H]2CN(C(=O)OCc3ccccc3)C[C@H]2F)CC1. The minimum atomic E-state index is -1.20. The summed E-state index contributed by atoms with van der Waals surface area (Å²) < 4.78 is 25.2. The number of carbonyl (C=O) groups is 2. The molecule has 0 aromatic heterocycles. The fraction of sp³-hybridized carbons (Fsp3) is 0.600. The van der Waals surface area contributed by atoms with Gasteiger partial charge in [0.05, 0.1) is 12.1 Å². The van der Waals surface area contributed by atoms with Gasteiger partial charge in [0.2, 0.25) is 0 Å². The third kappa shape index (κ3) is 4.90. The number of hydrogen-bond acceptors (Lipinski definition) is 4. The van der Waals surface area contributed by atoms with E-state index in [0.29, 0.717) is 12.8 Å². The Morgan fingerprint density at radius 3 is 2.48 bits per heavy atom. The van der Waals surface area contributed by atoms with Crippen LogP contribution in [0.5, 0.6) is 0 Å². The van der Waals surface area contributed by atoms with Gasteiger partial charge < -0.3 is 19.7 Å². The van der Waals surface area contributed by atoms with Crippen molar-refractivity contribution in [3.05, 3.63) is 35.9 Å². The minimum absolute atomic E-state index is 0.0178. The van der Waals surface area contributed by atoms with Gasteiger partial charge >= 0.3 is 12.2 Å². The van der Waals surface area contributed by atoms with Crippen LogP contribution in [0.25, 0.3) is 0 Å². The molecule has 7 heteroatoms. The van der Waals surface area contributed by atoms with Gasteiger partial charge in [-0.2, -0.15) is 0 Å². The van der Waals surface area contributed by atoms with Gasteiger partial charge in [-0.3, -0.25) is 0 Å². The van der Waals surface area contributed by atoms with Gasteiger partial charge in [0.25, 0.3) is 0 Å². The third-order valence-electron chi connectivity index (χ3n) is 4.96. The van der Waals surface area contributed by atoms with Crippen LogP contribution in [0.2, 0.25) is 0 Å². The number of hydrogen-bond donors (Lipinski definition) is 1. The Kier molecular flexibility index (Phi) is 5.31. The Balaban J connectivity index is 1.54. The molecular weight excluding hydrogens is 351 g/mol. The van der Waals surface area contributed by atoms with Crippen LogP contribution in [-0.2, 0) is 16.1 Å². The van der Waals surface area contributed by atoms with E-state index in [4.69, 9.17) is 9.47 Å². The van der Waals surface area contributed by atoms with Crippen LogP contribution in [-0.4, -0.2) is 47.5 Å². The minimum Gasteiger partial charge on any atom is -0.445 e. The number of nitrogens with one attached hydrogen (secondary N) is 1. The lowest BCUT2D eigenvalue weighted by atomic mass is 9.95. The van der Waals surface area contributed by atoms with E-state index in [9.17, 15) is 14.0 Å². The predicted molar refractivity (Wildman–Crippen MR) is 97.9 cm³/mol. The van der Waals surface area contributed by atoms with Crippen LogP contribution in [0.3, 0.4) is 0 Å². The Labute approximate surface area is 159 Å². The number of alkyl halides is 1. The standard InChI is InChI=1S/C20H27FN2O4/c1-19(2,3)27-17(24)22-20(9-10-20)15-11-23(12-16(15)21)18(25)26-13-14-7-5-4-6-8-14/h4-8,15-16H,9-13H2,1-3H3,(H,22,24)/t15-,16+/m0/s1. The van der Waals surface area contributed by atoms with Crippen LogP contribution in [0, 0.1) is 5.92 Å². The number of alkyl carbamates (subject to hydrolysis) is 1. The van der Waals surface area contributed by atoms with Crippen LogP contribution >= 0.6 is 0 Å². The zero-order chi connectivity index (χ0) is 19.7. The van der Waals surface area contributed by atoms with Crippen molar-refractivity contribution in [2.24, 2.45) is 5.92 Å². The molecule has 1 N–H and O–H groups in total. The van der Waals surface area contributed by atoms with Gasteiger partial charge in [0.1, 0.15) is 18.4 Å². The number of halogens is 1. The van der Waals surface area contributed by atoms with Crippen molar-refractivity contribution in [2.45, 2.75) is 57.5 Å². The van der Waals surface area contributed by atoms with Gasteiger partial charge in [0, 0.05) is 12.5 Å². The fourth-order valence-electron chi connectivity index (χ4n) is 3.47. The normalized spacial score (nSPS) is 23.6. The quantitative estimate of drug-likeness (QED) is 0.868. The summed E-state index contributed by atoms with van der Waals surface area (Å²) in [6.07, 6.45) is -0.907. The van der Waals surface area contributed by atoms with Gasteiger partial charge in [-0.15, -0.1) is 0 Å². The summed E-state index contributed by atoms with van der Waals surface area (Å²) in [5.41, 5.74) is -0.363. The molecule has 2 atom stereocenters. The highest BCUT2D eigenvalue weighted by atomic mass is 19.1. The van der Waals surface area contributed by atoms with E-state index < -0.39 is 35.4 Å². The number of likely N-dealkylation sites (tertiary alicyclic amines) is 1. The summed E-state index contributed by atoms with van der Waals surface area (Å²) >= 11 is 0. The lowest BCUT2D eigenvalue weighted by Crippen LogP contribution is -2.48. The zero-order valence-electron chi connectivity index (χ0n) is 16.0. The Hall–Kier alpha value is -2.31. The lowest BCUT2D eigenvalue weighted by molar-refractivity contribution is 0.0461. The molecule has 1 aromatic rings. The largest absolute Gasteiger partial charge is 0.445 e. The molecule has 1 aliphatic carbocycles. The maximum atomic E-state index is 14.6. The molecule has 148 valence electrons. The number of carbonyl (C=O) groups excluding carboxylic acids is 2. The highest BCUT2D eigenvalue weighted by Gasteiger charge is 2.57. The van der Waals surface area contributed by atoms with Gasteiger partial charge in [-0.1, -0.05) is 30.3 Å². The molecule has 1 heterocycles. The van der Waals surface area contributed by atoms with E-state index >= 15 is 0 Å². The van der Waals surface area contributed by atoms with Crippen molar-refractivity contribution in [3.8, 4) is 0 Å². The number of ether oxygens (including phenoxy) is 2. The van der Waals surface area contributed by atoms with Crippen molar-refractivity contribution in [1.82, 2.24) is 10.2 Å². The van der Waals surface area contributed by atoms with E-state index in [2.05, 4.69) is 5.32 Å². The highest BCUT2D eigenvalue weighted by molar-refractivity contribution is 5.70. The summed E-state index contributed by atoms with van der Waals surface area (Å²) in [5, 5.41) is 2.83. The number of nitrogens with zero attached hydrogens (tertiary/aromatic N) is 1. The van der Waals surface area contributed by atoms with Gasteiger partial charge in [-0.05, 0) is 39.2 Å². The van der Waals surface area contributed by atoms with E-state index in [1.165, 1.54) is 4.90 Å². The molecule has 6 nitrogen and oxygen atoms in total. The maximum absolute atomic E-state index is 14.6. The highest BCUT2D eigenvalue weighted by Crippen LogP contribution is 2.47. The monoisotopic (exact) mass is 378 g/mol. The molecule has 27 heavy (non-hydrogen) atoms. The summed E-state index contributed by atoms with van der Waals surface area (Å²) in [4.78, 5) is 25.8. The summed E-state index contributed by atoms with van der Waals surface area (Å²) in [7, 11) is 0. The van der Waals surface area contributed by atoms with Crippen LogP contribution in [0.4, 0.5) is 14.0 Å². The van der Waals surface area contributed by atoms with Crippen LogP contribution in [0.1, 0.15) is 39.2 Å². The van der Waals surface area contributed by atoms with Crippen LogP contribution < -0.4 is 5.32 Å². The molecule has 0 radical (unpaired) electrons. The molecule has 3 rings (SSSR count). The molecule has 1 aromatic carbocycles. The molecule has 0 unspecified atom stereocenters. The number of rotatable bonds is 4. The molecule has 1 aliphatic heterocycles. The number of benzene rings is 1. The molecule has 2 amide bonds. The van der Waals surface area contributed by atoms with E-state index in [0.717, 1.165) is 5.56 Å². The van der Waals surface area contributed by atoms with Crippen LogP contribution in [0.15, 0.2) is 30.3 Å². The molecule has 2 fully saturated rings. The van der Waals surface area contributed by atoms with Crippen molar-refractivity contribution in [1.29, 1.82) is 0 Å². The second-order valence-electron chi connectivity index (χ2n) is 8.35. The molecule has 2 aliphatic rings. The van der Waals surface area contributed by atoms with Gasteiger partial charge in [-0.25, -0.2) is 14.0 Å². The summed E-state index contributed by atoms with van der Waals surface area (Å²) in [6.45, 7) is 5.71. The Morgan fingerprint density at radius 2 is 1.89 bits per heavy atom. The second kappa shape index (κ2) is 7.37. The van der Waals surface area contributed by atoms with E-state index in [1.807, 2.05) is 30.3 Å². The zero-order valence-corrected chi connectivity index (χ0v) is 16.0. The van der Waals surface area contributed by atoms with E-state index in [-0.39, 0.29) is 19.7 Å². The molecule has 0 spiro atoms. The predicted octanol–water partition coefficient (Wildman–Crippen LogP) is 3.65. The average Bonchev–Trinajstić information content (AvgIpc) is 3.24. The summed E-state index contributed by atoms with van der Waals surface area (Å²) in [5.74, 6) is -0.450.